The monoisotopic (exact) mass is 290 g/mol. The summed E-state index contributed by atoms with van der Waals surface area (Å²) in [7, 11) is 0. The molecule has 0 bridgehead atoms. The van der Waals surface area contributed by atoms with E-state index in [0.29, 0.717) is 6.54 Å². The lowest BCUT2D eigenvalue weighted by Crippen LogP contribution is -2.46. The maximum Gasteiger partial charge on any atom is 0.227 e. The lowest BCUT2D eigenvalue weighted by atomic mass is 9.79. The number of amides is 1. The summed E-state index contributed by atoms with van der Waals surface area (Å²) in [6.07, 6.45) is 5.53. The van der Waals surface area contributed by atoms with Crippen LogP contribution >= 0.6 is 0 Å². The third-order valence-electron chi connectivity index (χ3n) is 4.57. The first-order valence-electron chi connectivity index (χ1n) is 7.89. The van der Waals surface area contributed by atoms with Crippen LogP contribution in [0.4, 0.5) is 0 Å². The topological polar surface area (TPSA) is 75.4 Å². The molecule has 116 valence electrons. The van der Waals surface area contributed by atoms with E-state index in [2.05, 4.69) is 5.32 Å². The van der Waals surface area contributed by atoms with Crippen molar-refractivity contribution in [1.82, 2.24) is 5.32 Å². The molecular weight excluding hydrogens is 264 g/mol. The van der Waals surface area contributed by atoms with Gasteiger partial charge >= 0.3 is 0 Å². The smallest absolute Gasteiger partial charge is 0.227 e. The molecule has 4 nitrogen and oxygen atoms in total. The molecule has 1 amide bonds. The number of rotatable bonds is 5. The van der Waals surface area contributed by atoms with Crippen LogP contribution in [0.25, 0.3) is 0 Å². The van der Waals surface area contributed by atoms with Gasteiger partial charge in [-0.05, 0) is 18.4 Å². The molecule has 0 spiro atoms. The van der Waals surface area contributed by atoms with Crippen molar-refractivity contribution < 1.29 is 9.90 Å². The minimum Gasteiger partial charge on any atom is -0.387 e. The fourth-order valence-corrected chi connectivity index (χ4v) is 3.10. The molecule has 0 radical (unpaired) electrons. The van der Waals surface area contributed by atoms with E-state index in [1.54, 1.807) is 0 Å². The average Bonchev–Trinajstić information content (AvgIpc) is 2.79. The fraction of sp³-hybridized carbons (Fsp3) is 0.588. The number of benzene rings is 1. The number of carbonyl (C=O) groups excluding carboxylic acids is 1. The normalized spacial score (nSPS) is 19.5. The number of hydrogen-bond donors (Lipinski definition) is 3. The van der Waals surface area contributed by atoms with Crippen LogP contribution in [0.2, 0.25) is 0 Å². The van der Waals surface area contributed by atoms with Crippen molar-refractivity contribution in [3.63, 3.8) is 0 Å². The summed E-state index contributed by atoms with van der Waals surface area (Å²) < 4.78 is 0. The predicted molar refractivity (Wildman–Crippen MR) is 83.6 cm³/mol. The Labute approximate surface area is 126 Å². The van der Waals surface area contributed by atoms with Crippen molar-refractivity contribution in [3.8, 4) is 0 Å². The SMILES string of the molecule is NCC1(C(=O)NCC(O)c2ccccc2)CCCCCC1. The van der Waals surface area contributed by atoms with Crippen molar-refractivity contribution >= 4 is 5.91 Å². The van der Waals surface area contributed by atoms with Gasteiger partial charge in [-0.2, -0.15) is 0 Å². The second kappa shape index (κ2) is 7.57. The zero-order chi connectivity index (χ0) is 15.1. The lowest BCUT2D eigenvalue weighted by Gasteiger charge is -2.30. The molecule has 1 aliphatic carbocycles. The fourth-order valence-electron chi connectivity index (χ4n) is 3.10. The first-order valence-corrected chi connectivity index (χ1v) is 7.89. The maximum atomic E-state index is 12.5. The van der Waals surface area contributed by atoms with E-state index in [1.165, 1.54) is 12.8 Å². The Bertz CT molecular complexity index is 439. The van der Waals surface area contributed by atoms with Crippen molar-refractivity contribution in [2.24, 2.45) is 11.1 Å². The van der Waals surface area contributed by atoms with Crippen LogP contribution in [0.15, 0.2) is 30.3 Å². The molecular formula is C17H26N2O2. The Morgan fingerprint density at radius 3 is 2.38 bits per heavy atom. The highest BCUT2D eigenvalue weighted by molar-refractivity contribution is 5.83. The van der Waals surface area contributed by atoms with Crippen molar-refractivity contribution in [3.05, 3.63) is 35.9 Å². The van der Waals surface area contributed by atoms with Crippen molar-refractivity contribution in [2.75, 3.05) is 13.1 Å². The van der Waals surface area contributed by atoms with E-state index in [-0.39, 0.29) is 12.5 Å². The van der Waals surface area contributed by atoms with Gasteiger partial charge in [-0.1, -0.05) is 56.0 Å². The number of hydrogen-bond acceptors (Lipinski definition) is 3. The molecule has 1 aromatic carbocycles. The van der Waals surface area contributed by atoms with Crippen LogP contribution in [-0.2, 0) is 4.79 Å². The summed E-state index contributed by atoms with van der Waals surface area (Å²) in [6.45, 7) is 0.630. The van der Waals surface area contributed by atoms with Gasteiger partial charge in [-0.3, -0.25) is 4.79 Å². The van der Waals surface area contributed by atoms with E-state index < -0.39 is 11.5 Å². The van der Waals surface area contributed by atoms with E-state index in [1.807, 2.05) is 30.3 Å². The summed E-state index contributed by atoms with van der Waals surface area (Å²) in [5, 5.41) is 13.0. The highest BCUT2D eigenvalue weighted by Crippen LogP contribution is 2.34. The van der Waals surface area contributed by atoms with Gasteiger partial charge < -0.3 is 16.2 Å². The highest BCUT2D eigenvalue weighted by atomic mass is 16.3. The summed E-state index contributed by atoms with van der Waals surface area (Å²) in [5.41, 5.74) is 6.29. The summed E-state index contributed by atoms with van der Waals surface area (Å²) >= 11 is 0. The Morgan fingerprint density at radius 1 is 1.19 bits per heavy atom. The molecule has 0 aromatic heterocycles. The first-order chi connectivity index (χ1) is 10.2. The Balaban J connectivity index is 1.93. The molecule has 1 aliphatic rings. The second-order valence-electron chi connectivity index (χ2n) is 6.04. The number of nitrogens with one attached hydrogen (secondary N) is 1. The second-order valence-corrected chi connectivity index (χ2v) is 6.04. The van der Waals surface area contributed by atoms with Crippen molar-refractivity contribution in [1.29, 1.82) is 0 Å². The molecule has 1 unspecified atom stereocenters. The minimum atomic E-state index is -0.671. The Hall–Kier alpha value is -1.39. The summed E-state index contributed by atoms with van der Waals surface area (Å²) in [6, 6.07) is 9.40. The van der Waals surface area contributed by atoms with Crippen LogP contribution in [-0.4, -0.2) is 24.1 Å². The molecule has 1 aromatic rings. The first kappa shape index (κ1) is 16.0. The summed E-state index contributed by atoms with van der Waals surface area (Å²) in [4.78, 5) is 12.5. The van der Waals surface area contributed by atoms with Gasteiger partial charge in [0.25, 0.3) is 0 Å². The van der Waals surface area contributed by atoms with Crippen LogP contribution in [0, 0.1) is 5.41 Å². The quantitative estimate of drug-likeness (QED) is 0.727. The molecule has 4 N–H and O–H groups in total. The number of aliphatic hydroxyl groups is 1. The van der Waals surface area contributed by atoms with E-state index in [0.717, 1.165) is 31.2 Å². The Kier molecular flexibility index (Phi) is 5.76. The Morgan fingerprint density at radius 2 is 1.81 bits per heavy atom. The van der Waals surface area contributed by atoms with Gasteiger partial charge in [0.1, 0.15) is 0 Å². The maximum absolute atomic E-state index is 12.5. The number of aliphatic hydroxyl groups excluding tert-OH is 1. The van der Waals surface area contributed by atoms with Gasteiger partial charge in [0.05, 0.1) is 11.5 Å². The number of nitrogens with two attached hydrogens (primary N) is 1. The molecule has 1 saturated carbocycles. The molecule has 1 fully saturated rings. The van der Waals surface area contributed by atoms with Crippen LogP contribution in [0.5, 0.6) is 0 Å². The third-order valence-corrected chi connectivity index (χ3v) is 4.57. The lowest BCUT2D eigenvalue weighted by molar-refractivity contribution is -0.131. The highest BCUT2D eigenvalue weighted by Gasteiger charge is 2.37. The molecule has 4 heteroatoms. The van der Waals surface area contributed by atoms with Crippen LogP contribution in [0.1, 0.15) is 50.2 Å². The van der Waals surface area contributed by atoms with Crippen LogP contribution in [0.3, 0.4) is 0 Å². The summed E-state index contributed by atoms with van der Waals surface area (Å²) in [5.74, 6) is 0.00174. The van der Waals surface area contributed by atoms with Crippen molar-refractivity contribution in [2.45, 2.75) is 44.6 Å². The zero-order valence-corrected chi connectivity index (χ0v) is 12.6. The van der Waals surface area contributed by atoms with Gasteiger partial charge in [-0.25, -0.2) is 0 Å². The van der Waals surface area contributed by atoms with E-state index >= 15 is 0 Å². The van der Waals surface area contributed by atoms with Gasteiger partial charge in [0, 0.05) is 13.1 Å². The van der Waals surface area contributed by atoms with E-state index in [9.17, 15) is 9.90 Å². The van der Waals surface area contributed by atoms with Crippen LogP contribution < -0.4 is 11.1 Å². The zero-order valence-electron chi connectivity index (χ0n) is 12.6. The standard InChI is InChI=1S/C17H26N2O2/c18-13-17(10-6-1-2-7-11-17)16(21)19-12-15(20)14-8-4-3-5-9-14/h3-5,8-9,15,20H,1-2,6-7,10-13,18H2,(H,19,21). The minimum absolute atomic E-state index is 0.00174. The third kappa shape index (κ3) is 4.05. The molecule has 21 heavy (non-hydrogen) atoms. The van der Waals surface area contributed by atoms with Gasteiger partial charge in [0.2, 0.25) is 5.91 Å². The molecule has 0 saturated heterocycles. The predicted octanol–water partition coefficient (Wildman–Crippen LogP) is 2.14. The largest absolute Gasteiger partial charge is 0.387 e. The van der Waals surface area contributed by atoms with Gasteiger partial charge in [-0.15, -0.1) is 0 Å². The molecule has 1 atom stereocenters. The molecule has 0 aliphatic heterocycles. The molecule has 2 rings (SSSR count). The number of carbonyl (C=O) groups is 1. The molecule has 0 heterocycles. The average molecular weight is 290 g/mol. The van der Waals surface area contributed by atoms with Gasteiger partial charge in [0.15, 0.2) is 0 Å². The van der Waals surface area contributed by atoms with E-state index in [4.69, 9.17) is 5.73 Å².